The number of hydrogen-bond donors (Lipinski definition) is 1. The summed E-state index contributed by atoms with van der Waals surface area (Å²) in [5, 5.41) is 12.2. The maximum atomic E-state index is 12.4. The summed E-state index contributed by atoms with van der Waals surface area (Å²) in [6.45, 7) is 2.85. The largest absolute Gasteiger partial charge is 0.497 e. The van der Waals surface area contributed by atoms with Crippen LogP contribution in [0.3, 0.4) is 0 Å². The average Bonchev–Trinajstić information content (AvgIpc) is 2.80. The smallest absolute Gasteiger partial charge is 0.262 e. The average molecular weight is 412 g/mol. The third-order valence-electron chi connectivity index (χ3n) is 4.66. The number of rotatable bonds is 8. The number of nitriles is 1. The molecule has 0 saturated carbocycles. The number of hydrogen-bond acceptors (Lipinski definition) is 4. The van der Waals surface area contributed by atoms with Crippen LogP contribution >= 0.6 is 0 Å². The van der Waals surface area contributed by atoms with Gasteiger partial charge in [-0.3, -0.25) is 4.79 Å². The van der Waals surface area contributed by atoms with Crippen molar-refractivity contribution in [2.45, 2.75) is 20.1 Å². The molecule has 0 fully saturated rings. The van der Waals surface area contributed by atoms with Crippen LogP contribution in [-0.2, 0) is 17.9 Å². The van der Waals surface area contributed by atoms with Gasteiger partial charge in [-0.2, -0.15) is 5.26 Å². The van der Waals surface area contributed by atoms with Crippen LogP contribution in [0, 0.1) is 18.3 Å². The fraction of sp³-hybridized carbons (Fsp3) is 0.154. The van der Waals surface area contributed by atoms with Crippen molar-refractivity contribution in [3.05, 3.63) is 101 Å². The molecule has 0 heterocycles. The van der Waals surface area contributed by atoms with Gasteiger partial charge in [-0.15, -0.1) is 0 Å². The summed E-state index contributed by atoms with van der Waals surface area (Å²) in [7, 11) is 1.60. The molecule has 31 heavy (non-hydrogen) atoms. The summed E-state index contributed by atoms with van der Waals surface area (Å²) in [6.07, 6.45) is 1.56. The van der Waals surface area contributed by atoms with Crippen molar-refractivity contribution < 1.29 is 14.3 Å². The van der Waals surface area contributed by atoms with Crippen LogP contribution in [0.25, 0.3) is 6.08 Å². The van der Waals surface area contributed by atoms with Crippen LogP contribution in [0.2, 0.25) is 0 Å². The molecule has 0 aliphatic heterocycles. The summed E-state index contributed by atoms with van der Waals surface area (Å²) >= 11 is 0. The molecular weight excluding hydrogens is 388 g/mol. The number of nitrogens with one attached hydrogen (secondary N) is 1. The Labute approximate surface area is 182 Å². The molecule has 3 aromatic carbocycles. The van der Waals surface area contributed by atoms with Crippen LogP contribution < -0.4 is 14.8 Å². The predicted octanol–water partition coefficient (Wildman–Crippen LogP) is 4.81. The summed E-state index contributed by atoms with van der Waals surface area (Å²) < 4.78 is 10.9. The molecule has 5 heteroatoms. The van der Waals surface area contributed by atoms with Gasteiger partial charge in [0.05, 0.1) is 7.11 Å². The minimum absolute atomic E-state index is 0.0435. The third kappa shape index (κ3) is 6.48. The van der Waals surface area contributed by atoms with Gasteiger partial charge in [0.1, 0.15) is 29.7 Å². The first-order chi connectivity index (χ1) is 15.1. The Hall–Kier alpha value is -4.04. The van der Waals surface area contributed by atoms with Gasteiger partial charge < -0.3 is 14.8 Å². The van der Waals surface area contributed by atoms with Crippen LogP contribution in [-0.4, -0.2) is 13.0 Å². The van der Waals surface area contributed by atoms with E-state index < -0.39 is 5.91 Å². The van der Waals surface area contributed by atoms with Crippen molar-refractivity contribution in [3.8, 4) is 17.6 Å². The van der Waals surface area contributed by atoms with Gasteiger partial charge in [-0.1, -0.05) is 54.1 Å². The maximum Gasteiger partial charge on any atom is 0.262 e. The summed E-state index contributed by atoms with van der Waals surface area (Å²) in [5.74, 6) is 1.05. The van der Waals surface area contributed by atoms with Crippen molar-refractivity contribution >= 4 is 12.0 Å². The van der Waals surface area contributed by atoms with Crippen LogP contribution in [0.15, 0.2) is 78.4 Å². The van der Waals surface area contributed by atoms with Crippen molar-refractivity contribution in [3.63, 3.8) is 0 Å². The fourth-order valence-corrected chi connectivity index (χ4v) is 2.97. The Morgan fingerprint density at radius 3 is 2.35 bits per heavy atom. The second kappa shape index (κ2) is 10.7. The lowest BCUT2D eigenvalue weighted by Gasteiger charge is -2.08. The Morgan fingerprint density at radius 2 is 1.71 bits per heavy atom. The van der Waals surface area contributed by atoms with E-state index in [1.165, 1.54) is 5.56 Å². The van der Waals surface area contributed by atoms with Crippen LogP contribution in [0.4, 0.5) is 0 Å². The molecule has 0 saturated heterocycles. The minimum Gasteiger partial charge on any atom is -0.497 e. The number of ether oxygens (including phenoxy) is 2. The maximum absolute atomic E-state index is 12.4. The van der Waals surface area contributed by atoms with Gasteiger partial charge >= 0.3 is 0 Å². The number of amides is 1. The standard InChI is InChI=1S/C26H24N2O3/c1-19-4-3-5-22(14-19)18-31-25-12-6-20(7-13-25)15-23(16-27)26(29)28-17-21-8-10-24(30-2)11-9-21/h3-15H,17-18H2,1-2H3,(H,28,29). The monoisotopic (exact) mass is 412 g/mol. The second-order valence-corrected chi connectivity index (χ2v) is 7.05. The van der Waals surface area contributed by atoms with E-state index in [1.54, 1.807) is 13.2 Å². The molecule has 0 radical (unpaired) electrons. The van der Waals surface area contributed by atoms with Crippen molar-refractivity contribution in [1.82, 2.24) is 5.32 Å². The zero-order chi connectivity index (χ0) is 22.1. The molecule has 0 unspecified atom stereocenters. The Morgan fingerprint density at radius 1 is 1.00 bits per heavy atom. The molecular formula is C26H24N2O3. The number of carbonyl (C=O) groups is 1. The predicted molar refractivity (Wildman–Crippen MR) is 120 cm³/mol. The molecule has 1 N–H and O–H groups in total. The molecule has 1 amide bonds. The topological polar surface area (TPSA) is 71.3 Å². The molecule has 0 aliphatic carbocycles. The second-order valence-electron chi connectivity index (χ2n) is 7.05. The molecule has 3 aromatic rings. The number of aryl methyl sites for hydroxylation is 1. The van der Waals surface area contributed by atoms with Crippen molar-refractivity contribution in [1.29, 1.82) is 5.26 Å². The highest BCUT2D eigenvalue weighted by Gasteiger charge is 2.09. The molecule has 3 rings (SSSR count). The Kier molecular flexibility index (Phi) is 7.45. The highest BCUT2D eigenvalue weighted by Crippen LogP contribution is 2.17. The van der Waals surface area contributed by atoms with E-state index in [9.17, 15) is 10.1 Å². The van der Waals surface area contributed by atoms with E-state index in [4.69, 9.17) is 9.47 Å². The van der Waals surface area contributed by atoms with Gasteiger partial charge in [0.2, 0.25) is 0 Å². The number of nitrogens with zero attached hydrogens (tertiary/aromatic N) is 1. The van der Waals surface area contributed by atoms with Crippen molar-refractivity contribution in [2.75, 3.05) is 7.11 Å². The van der Waals surface area contributed by atoms with E-state index in [-0.39, 0.29) is 5.57 Å². The minimum atomic E-state index is -0.418. The van der Waals surface area contributed by atoms with E-state index in [1.807, 2.05) is 79.7 Å². The molecule has 0 spiro atoms. The van der Waals surface area contributed by atoms with E-state index in [2.05, 4.69) is 11.4 Å². The summed E-state index contributed by atoms with van der Waals surface area (Å²) in [4.78, 5) is 12.4. The number of methoxy groups -OCH3 is 1. The SMILES string of the molecule is COc1ccc(CNC(=O)C(C#N)=Cc2ccc(OCc3cccc(C)c3)cc2)cc1. The first kappa shape index (κ1) is 21.7. The zero-order valence-electron chi connectivity index (χ0n) is 17.6. The third-order valence-corrected chi connectivity index (χ3v) is 4.66. The van der Waals surface area contributed by atoms with Crippen LogP contribution in [0.5, 0.6) is 11.5 Å². The molecule has 0 aromatic heterocycles. The molecule has 156 valence electrons. The van der Waals surface area contributed by atoms with E-state index in [0.717, 1.165) is 28.2 Å². The molecule has 0 atom stereocenters. The van der Waals surface area contributed by atoms with E-state index >= 15 is 0 Å². The van der Waals surface area contributed by atoms with Crippen molar-refractivity contribution in [2.24, 2.45) is 0 Å². The lowest BCUT2D eigenvalue weighted by atomic mass is 10.1. The van der Waals surface area contributed by atoms with Crippen LogP contribution in [0.1, 0.15) is 22.3 Å². The highest BCUT2D eigenvalue weighted by molar-refractivity contribution is 6.01. The normalized spacial score (nSPS) is 10.8. The number of benzene rings is 3. The molecule has 0 aliphatic rings. The van der Waals surface area contributed by atoms with Gasteiger partial charge in [-0.25, -0.2) is 0 Å². The number of carbonyl (C=O) groups excluding carboxylic acids is 1. The first-order valence-corrected chi connectivity index (χ1v) is 9.89. The summed E-state index contributed by atoms with van der Waals surface area (Å²) in [6, 6.07) is 24.8. The van der Waals surface area contributed by atoms with Gasteiger partial charge in [-0.05, 0) is 54.0 Å². The van der Waals surface area contributed by atoms with Gasteiger partial charge in [0.15, 0.2) is 0 Å². The highest BCUT2D eigenvalue weighted by atomic mass is 16.5. The lowest BCUT2D eigenvalue weighted by Crippen LogP contribution is -2.23. The molecule has 0 bridgehead atoms. The first-order valence-electron chi connectivity index (χ1n) is 9.89. The Bertz CT molecular complexity index is 1090. The van der Waals surface area contributed by atoms with Gasteiger partial charge in [0.25, 0.3) is 5.91 Å². The molecule has 5 nitrogen and oxygen atoms in total. The summed E-state index contributed by atoms with van der Waals surface area (Å²) in [5.41, 5.74) is 4.00. The quantitative estimate of drug-likeness (QED) is 0.426. The van der Waals surface area contributed by atoms with E-state index in [0.29, 0.717) is 13.2 Å². The lowest BCUT2D eigenvalue weighted by molar-refractivity contribution is -0.117. The van der Waals surface area contributed by atoms with Gasteiger partial charge in [0, 0.05) is 6.54 Å². The Balaban J connectivity index is 1.57. The fourth-order valence-electron chi connectivity index (χ4n) is 2.97. The zero-order valence-corrected chi connectivity index (χ0v) is 17.6.